The number of esters is 1. The fourth-order valence-electron chi connectivity index (χ4n) is 5.44. The van der Waals surface area contributed by atoms with Crippen molar-refractivity contribution in [3.63, 3.8) is 0 Å². The van der Waals surface area contributed by atoms with Crippen LogP contribution in [0.25, 0.3) is 0 Å². The summed E-state index contributed by atoms with van der Waals surface area (Å²) in [6.07, 6.45) is 26.6. The number of allylic oxidation sites excluding steroid dienone is 3. The number of pyridine rings is 1. The van der Waals surface area contributed by atoms with Crippen LogP contribution < -0.4 is 11.1 Å². The van der Waals surface area contributed by atoms with Gasteiger partial charge in [-0.15, -0.1) is 23.9 Å². The van der Waals surface area contributed by atoms with Crippen molar-refractivity contribution in [2.45, 2.75) is 77.2 Å². The first kappa shape index (κ1) is 31.5. The summed E-state index contributed by atoms with van der Waals surface area (Å²) in [7, 11) is 0. The second kappa shape index (κ2) is 16.3. The maximum atomic E-state index is 13.4. The quantitative estimate of drug-likeness (QED) is 0.214. The number of terminal acetylenes is 1. The number of nitrogens with one attached hydrogen (secondary N) is 1. The van der Waals surface area contributed by atoms with Crippen molar-refractivity contribution in [2.24, 2.45) is 17.3 Å². The third kappa shape index (κ3) is 8.41. The van der Waals surface area contributed by atoms with Crippen LogP contribution in [0.5, 0.6) is 0 Å². The number of ether oxygens (including phenoxy) is 1. The Balaban J connectivity index is 0.000000327. The molecule has 3 atom stereocenters. The van der Waals surface area contributed by atoms with Crippen molar-refractivity contribution in [3.05, 3.63) is 48.1 Å². The van der Waals surface area contributed by atoms with E-state index in [2.05, 4.69) is 51.8 Å². The second-order valence-electron chi connectivity index (χ2n) is 9.93. The van der Waals surface area contributed by atoms with Crippen LogP contribution in [0.15, 0.2) is 42.3 Å². The van der Waals surface area contributed by atoms with E-state index in [1.54, 1.807) is 0 Å². The molecule has 1 heterocycles. The minimum absolute atomic E-state index is 0.00161. The number of hydrogen-bond acceptors (Lipinski definition) is 4. The van der Waals surface area contributed by atoms with Crippen LogP contribution in [0.1, 0.15) is 71.1 Å². The molecule has 0 aliphatic heterocycles. The first-order valence-corrected chi connectivity index (χ1v) is 14.3. The van der Waals surface area contributed by atoms with Gasteiger partial charge in [0.2, 0.25) is 5.91 Å². The van der Waals surface area contributed by atoms with Gasteiger partial charge in [0.1, 0.15) is 6.10 Å². The molecule has 4 rings (SSSR count). The average molecular weight is 547 g/mol. The Morgan fingerprint density at radius 3 is 2.53 bits per heavy atom. The number of halogens is 2. The molecule has 8 heteroatoms. The van der Waals surface area contributed by atoms with E-state index in [0.717, 1.165) is 64.1 Å². The van der Waals surface area contributed by atoms with Crippen LogP contribution in [0.4, 0.5) is 10.1 Å². The van der Waals surface area contributed by atoms with Crippen molar-refractivity contribution >= 4 is 29.2 Å². The number of carbonyl (C=O) groups is 2. The summed E-state index contributed by atoms with van der Waals surface area (Å²) in [6, 6.07) is 1.40. The Morgan fingerprint density at radius 2 is 1.97 bits per heavy atom. The molecular formula is C30H42ClFN3O3+. The summed E-state index contributed by atoms with van der Waals surface area (Å²) in [6.45, 7) is 2.16. The second-order valence-corrected chi connectivity index (χ2v) is 9.93. The van der Waals surface area contributed by atoms with E-state index in [1.807, 2.05) is 0 Å². The lowest BCUT2D eigenvalue weighted by atomic mass is 9.68. The van der Waals surface area contributed by atoms with Gasteiger partial charge < -0.3 is 15.8 Å². The molecule has 4 N–H and O–H groups in total. The maximum absolute atomic E-state index is 13.4. The summed E-state index contributed by atoms with van der Waals surface area (Å²) in [4.78, 5) is 27.3. The molecule has 3 aliphatic rings. The van der Waals surface area contributed by atoms with Crippen LogP contribution in [-0.4, -0.2) is 35.9 Å². The summed E-state index contributed by atoms with van der Waals surface area (Å²) in [5, 5.41) is 2.32. The first-order valence-electron chi connectivity index (χ1n) is 13.5. The lowest BCUT2D eigenvalue weighted by Gasteiger charge is -2.43. The Bertz CT molecular complexity index is 1010. The zero-order chi connectivity index (χ0) is 28.0. The normalized spacial score (nSPS) is 23.4. The summed E-state index contributed by atoms with van der Waals surface area (Å²) < 4.78 is 18.8. The molecule has 0 aromatic carbocycles. The average Bonchev–Trinajstić information content (AvgIpc) is 3.20. The monoisotopic (exact) mass is 546 g/mol. The minimum atomic E-state index is -0.525. The van der Waals surface area contributed by atoms with Gasteiger partial charge in [-0.3, -0.25) is 14.6 Å². The molecule has 2 saturated carbocycles. The van der Waals surface area contributed by atoms with E-state index >= 15 is 0 Å². The van der Waals surface area contributed by atoms with Crippen molar-refractivity contribution in [1.29, 1.82) is 0 Å². The predicted octanol–water partition coefficient (Wildman–Crippen LogP) is 5.45. The third-order valence-electron chi connectivity index (χ3n) is 7.47. The molecule has 208 valence electrons. The number of carbonyl (C=O) groups excluding carboxylic acids is 2. The number of aromatic nitrogens is 1. The molecule has 0 radical (unpaired) electrons. The lowest BCUT2D eigenvalue weighted by molar-refractivity contribution is -0.372. The number of hydrogen-bond donors (Lipinski definition) is 2. The standard InChI is InChI=1S/C22H31NO2.C7H7FN2O.CH3Cl/c1-2-17-16-20(19(17)12-15-23)25-21(24)22(13-8-3-4-9-14-22)18-10-6-5-7-11-18;1-5(11)10-7-2-3-9-4-6(7)8;1-2/h1,6,10-11,17,19-20H,3-5,7-9,12-16,23H2;2-4H,1H3,(H,9,10,11);1H3/p+1. The largest absolute Gasteiger partial charge is 0.461 e. The highest BCUT2D eigenvalue weighted by Gasteiger charge is 2.48. The van der Waals surface area contributed by atoms with Crippen molar-refractivity contribution < 1.29 is 24.5 Å². The smallest absolute Gasteiger partial charge is 0.316 e. The fraction of sp³-hybridized carbons (Fsp3) is 0.567. The van der Waals surface area contributed by atoms with E-state index in [-0.39, 0.29) is 29.6 Å². The molecule has 38 heavy (non-hydrogen) atoms. The van der Waals surface area contributed by atoms with Crippen LogP contribution in [0.3, 0.4) is 0 Å². The van der Waals surface area contributed by atoms with E-state index in [1.165, 1.54) is 44.0 Å². The van der Waals surface area contributed by atoms with Crippen molar-refractivity contribution in [2.75, 3.05) is 18.2 Å². The Kier molecular flexibility index (Phi) is 13.5. The molecule has 1 aromatic heterocycles. The third-order valence-corrected chi connectivity index (χ3v) is 7.47. The van der Waals surface area contributed by atoms with Crippen LogP contribution in [0, 0.1) is 35.4 Å². The molecular weight excluding hydrogens is 505 g/mol. The molecule has 1 amide bonds. The van der Waals surface area contributed by atoms with Gasteiger partial charge in [-0.1, -0.05) is 43.9 Å². The van der Waals surface area contributed by atoms with E-state index < -0.39 is 11.2 Å². The van der Waals surface area contributed by atoms with E-state index in [4.69, 9.17) is 11.2 Å². The molecule has 2 fully saturated rings. The molecule has 0 spiro atoms. The Morgan fingerprint density at radius 1 is 1.26 bits per heavy atom. The minimum Gasteiger partial charge on any atom is -0.461 e. The number of alkyl halides is 1. The zero-order valence-corrected chi connectivity index (χ0v) is 23.4. The maximum Gasteiger partial charge on any atom is 0.316 e. The highest BCUT2D eigenvalue weighted by molar-refractivity contribution is 6.15. The highest BCUT2D eigenvalue weighted by Crippen LogP contribution is 2.47. The first-order chi connectivity index (χ1) is 18.4. The van der Waals surface area contributed by atoms with Crippen LogP contribution in [0.2, 0.25) is 0 Å². The van der Waals surface area contributed by atoms with Crippen molar-refractivity contribution in [3.8, 4) is 12.3 Å². The summed E-state index contributed by atoms with van der Waals surface area (Å²) in [5.41, 5.74) is 4.89. The summed E-state index contributed by atoms with van der Waals surface area (Å²) in [5.74, 6) is 2.59. The molecule has 1 aromatic rings. The van der Waals surface area contributed by atoms with Gasteiger partial charge in [0.05, 0.1) is 23.8 Å². The van der Waals surface area contributed by atoms with Gasteiger partial charge in [-0.25, -0.2) is 4.39 Å². The zero-order valence-electron chi connectivity index (χ0n) is 22.7. The molecule has 6 nitrogen and oxygen atoms in total. The number of nitrogens with zero attached hydrogens (tertiary/aromatic N) is 1. The molecule has 0 saturated heterocycles. The van der Waals surface area contributed by atoms with Gasteiger partial charge in [-0.2, -0.15) is 0 Å². The van der Waals surface area contributed by atoms with Crippen LogP contribution >= 0.6 is 11.6 Å². The number of rotatable bonds is 6. The van der Waals surface area contributed by atoms with Gasteiger partial charge >= 0.3 is 5.97 Å². The van der Waals surface area contributed by atoms with Crippen LogP contribution in [-0.2, 0) is 14.3 Å². The topological polar surface area (TPSA) is 95.9 Å². The molecule has 3 aliphatic carbocycles. The highest BCUT2D eigenvalue weighted by atomic mass is 35.5. The Labute approximate surface area is 231 Å². The summed E-state index contributed by atoms with van der Waals surface area (Å²) >= 11 is 4.64. The van der Waals surface area contributed by atoms with Gasteiger partial charge in [-0.05, 0) is 43.7 Å². The molecule has 0 bridgehead atoms. The number of quaternary nitrogens is 1. The lowest BCUT2D eigenvalue weighted by Crippen LogP contribution is -2.55. The number of anilines is 1. The number of amides is 1. The SMILES string of the molecule is C#CC1CC(OC(=O)C2(C3=CCCC=C3)CCCCCC2)C1CC[NH3+].CC(=O)Nc1ccncc1F.CCl. The Hall–Kier alpha value is -2.69. The molecule has 3 unspecified atom stereocenters. The van der Waals surface area contributed by atoms with Gasteiger partial charge in [0, 0.05) is 37.8 Å². The van der Waals surface area contributed by atoms with E-state index in [0.29, 0.717) is 5.92 Å². The predicted molar refractivity (Wildman–Crippen MR) is 150 cm³/mol. The fourth-order valence-corrected chi connectivity index (χ4v) is 5.44. The van der Waals surface area contributed by atoms with Gasteiger partial charge in [0.15, 0.2) is 5.82 Å². The van der Waals surface area contributed by atoms with E-state index in [9.17, 15) is 14.0 Å². The van der Waals surface area contributed by atoms with Gasteiger partial charge in [0.25, 0.3) is 0 Å². The van der Waals surface area contributed by atoms with Crippen molar-refractivity contribution in [1.82, 2.24) is 4.98 Å².